The van der Waals surface area contributed by atoms with E-state index in [-0.39, 0.29) is 17.3 Å². The summed E-state index contributed by atoms with van der Waals surface area (Å²) in [5.74, 6) is -1.09. The highest BCUT2D eigenvalue weighted by Gasteiger charge is 2.18. The van der Waals surface area contributed by atoms with E-state index >= 15 is 0 Å². The monoisotopic (exact) mass is 242 g/mol. The number of ether oxygens (including phenoxy) is 1. The van der Waals surface area contributed by atoms with E-state index in [2.05, 4.69) is 9.97 Å². The second-order valence-corrected chi connectivity index (χ2v) is 3.46. The number of hydrogen-bond acceptors (Lipinski definition) is 3. The Balaban J connectivity index is 2.56. The molecule has 2 rings (SSSR count). The van der Waals surface area contributed by atoms with Gasteiger partial charge in [-0.1, -0.05) is 11.6 Å². The lowest BCUT2D eigenvalue weighted by Crippen LogP contribution is -2.05. The van der Waals surface area contributed by atoms with Crippen LogP contribution in [0.4, 0.5) is 4.39 Å². The van der Waals surface area contributed by atoms with Crippen molar-refractivity contribution in [1.29, 1.82) is 0 Å². The maximum absolute atomic E-state index is 12.9. The normalized spacial score (nSPS) is 10.7. The van der Waals surface area contributed by atoms with Gasteiger partial charge in [0.1, 0.15) is 17.2 Å². The van der Waals surface area contributed by atoms with Gasteiger partial charge in [-0.2, -0.15) is 0 Å². The van der Waals surface area contributed by atoms with Crippen LogP contribution in [-0.2, 0) is 4.74 Å². The Morgan fingerprint density at radius 3 is 3.12 bits per heavy atom. The van der Waals surface area contributed by atoms with E-state index in [4.69, 9.17) is 16.3 Å². The molecule has 2 heterocycles. The molecule has 6 heteroatoms. The maximum atomic E-state index is 12.9. The summed E-state index contributed by atoms with van der Waals surface area (Å²) >= 11 is 5.92. The number of esters is 1. The average molecular weight is 243 g/mol. The van der Waals surface area contributed by atoms with Crippen molar-refractivity contribution in [2.24, 2.45) is 0 Å². The molecule has 4 nitrogen and oxygen atoms in total. The minimum Gasteiger partial charge on any atom is -0.461 e. The van der Waals surface area contributed by atoms with Gasteiger partial charge in [0.15, 0.2) is 0 Å². The van der Waals surface area contributed by atoms with Gasteiger partial charge >= 0.3 is 5.97 Å². The molecule has 0 aliphatic rings. The van der Waals surface area contributed by atoms with Crippen LogP contribution in [0.15, 0.2) is 12.3 Å². The van der Waals surface area contributed by atoms with Gasteiger partial charge < -0.3 is 9.72 Å². The first-order chi connectivity index (χ1) is 7.63. The number of halogens is 2. The number of pyridine rings is 1. The minimum atomic E-state index is -0.578. The van der Waals surface area contributed by atoms with E-state index in [0.29, 0.717) is 11.0 Å². The van der Waals surface area contributed by atoms with E-state index in [1.807, 2.05) is 0 Å². The van der Waals surface area contributed by atoms with E-state index in [1.165, 1.54) is 6.07 Å². The van der Waals surface area contributed by atoms with Crippen molar-refractivity contribution in [3.63, 3.8) is 0 Å². The van der Waals surface area contributed by atoms with Gasteiger partial charge in [0.25, 0.3) is 0 Å². The second kappa shape index (κ2) is 4.09. The zero-order chi connectivity index (χ0) is 11.7. The largest absolute Gasteiger partial charge is 0.461 e. The molecule has 0 spiro atoms. The van der Waals surface area contributed by atoms with Crippen LogP contribution in [0.2, 0.25) is 5.02 Å². The summed E-state index contributed by atoms with van der Waals surface area (Å²) in [6.07, 6.45) is 1.05. The molecular formula is C10H8ClFN2O2. The highest BCUT2D eigenvalue weighted by Crippen LogP contribution is 2.27. The fourth-order valence-electron chi connectivity index (χ4n) is 1.36. The molecular weight excluding hydrogens is 235 g/mol. The summed E-state index contributed by atoms with van der Waals surface area (Å²) in [6, 6.07) is 1.21. The molecule has 0 saturated carbocycles. The number of fused-ring (bicyclic) bond motifs is 1. The second-order valence-electron chi connectivity index (χ2n) is 3.08. The number of H-pyrrole nitrogens is 1. The highest BCUT2D eigenvalue weighted by atomic mass is 35.5. The van der Waals surface area contributed by atoms with Crippen LogP contribution in [0.25, 0.3) is 11.0 Å². The summed E-state index contributed by atoms with van der Waals surface area (Å²) in [5.41, 5.74) is 0.450. The zero-order valence-corrected chi connectivity index (χ0v) is 9.14. The third-order valence-electron chi connectivity index (χ3n) is 2.03. The maximum Gasteiger partial charge on any atom is 0.356 e. The zero-order valence-electron chi connectivity index (χ0n) is 8.38. The lowest BCUT2D eigenvalue weighted by molar-refractivity contribution is 0.0521. The average Bonchev–Trinajstić information content (AvgIpc) is 2.57. The molecule has 0 fully saturated rings. The molecule has 0 bridgehead atoms. The van der Waals surface area contributed by atoms with Gasteiger partial charge in [-0.15, -0.1) is 0 Å². The van der Waals surface area contributed by atoms with Crippen LogP contribution in [-0.4, -0.2) is 22.5 Å². The number of nitrogens with one attached hydrogen (secondary N) is 1. The van der Waals surface area contributed by atoms with Gasteiger partial charge in [0.05, 0.1) is 17.8 Å². The number of aromatic amines is 1. The van der Waals surface area contributed by atoms with Crippen molar-refractivity contribution in [2.75, 3.05) is 6.61 Å². The van der Waals surface area contributed by atoms with Crippen LogP contribution in [0, 0.1) is 5.82 Å². The van der Waals surface area contributed by atoms with Crippen molar-refractivity contribution < 1.29 is 13.9 Å². The lowest BCUT2D eigenvalue weighted by Gasteiger charge is -1.98. The summed E-state index contributed by atoms with van der Waals surface area (Å²) in [5, 5.41) is 0.491. The van der Waals surface area contributed by atoms with Gasteiger partial charge in [-0.3, -0.25) is 0 Å². The van der Waals surface area contributed by atoms with Crippen LogP contribution in [0.5, 0.6) is 0 Å². The molecule has 0 saturated heterocycles. The number of hydrogen-bond donors (Lipinski definition) is 1. The predicted molar refractivity (Wildman–Crippen MR) is 57.0 cm³/mol. The Hall–Kier alpha value is -1.62. The van der Waals surface area contributed by atoms with E-state index in [9.17, 15) is 9.18 Å². The van der Waals surface area contributed by atoms with Crippen molar-refractivity contribution in [1.82, 2.24) is 9.97 Å². The Kier molecular flexibility index (Phi) is 2.78. The molecule has 0 aliphatic heterocycles. The topological polar surface area (TPSA) is 55.0 Å². The molecule has 16 heavy (non-hydrogen) atoms. The molecule has 0 aromatic carbocycles. The molecule has 0 aliphatic carbocycles. The molecule has 84 valence electrons. The summed E-state index contributed by atoms with van der Waals surface area (Å²) in [4.78, 5) is 17.9. The standard InChI is InChI=1S/C10H8ClFN2O2/c1-2-16-10(15)8-7(11)6-3-5(12)4-13-9(6)14-8/h3-4H,2H2,1H3,(H,13,14). The quantitative estimate of drug-likeness (QED) is 0.824. The number of nitrogens with zero attached hydrogens (tertiary/aromatic N) is 1. The molecule has 0 radical (unpaired) electrons. The van der Waals surface area contributed by atoms with Crippen molar-refractivity contribution in [3.05, 3.63) is 28.8 Å². The molecule has 0 unspecified atom stereocenters. The van der Waals surface area contributed by atoms with Crippen LogP contribution < -0.4 is 0 Å². The summed E-state index contributed by atoms with van der Waals surface area (Å²) < 4.78 is 17.7. The highest BCUT2D eigenvalue weighted by molar-refractivity contribution is 6.38. The first-order valence-corrected chi connectivity index (χ1v) is 5.01. The van der Waals surface area contributed by atoms with Gasteiger partial charge in [-0.25, -0.2) is 14.2 Å². The van der Waals surface area contributed by atoms with Gasteiger partial charge in [0.2, 0.25) is 0 Å². The smallest absolute Gasteiger partial charge is 0.356 e. The molecule has 2 aromatic rings. The fraction of sp³-hybridized carbons (Fsp3) is 0.200. The molecule has 0 amide bonds. The number of carbonyl (C=O) groups is 1. The number of carbonyl (C=O) groups excluding carboxylic acids is 1. The summed E-state index contributed by atoms with van der Waals surface area (Å²) in [7, 11) is 0. The van der Waals surface area contributed by atoms with Crippen molar-refractivity contribution in [3.8, 4) is 0 Å². The third kappa shape index (κ3) is 1.74. The fourth-order valence-corrected chi connectivity index (χ4v) is 1.63. The first-order valence-electron chi connectivity index (χ1n) is 4.63. The SMILES string of the molecule is CCOC(=O)c1[nH]c2ncc(F)cc2c1Cl. The Labute approximate surface area is 95.4 Å². The number of aromatic nitrogens is 2. The predicted octanol–water partition coefficient (Wildman–Crippen LogP) is 2.53. The molecule has 2 aromatic heterocycles. The minimum absolute atomic E-state index is 0.0941. The Bertz CT molecular complexity index is 553. The Morgan fingerprint density at radius 1 is 1.69 bits per heavy atom. The third-order valence-corrected chi connectivity index (χ3v) is 2.43. The van der Waals surface area contributed by atoms with Gasteiger partial charge in [0, 0.05) is 5.39 Å². The van der Waals surface area contributed by atoms with Crippen LogP contribution in [0.3, 0.4) is 0 Å². The van der Waals surface area contributed by atoms with Gasteiger partial charge in [-0.05, 0) is 13.0 Å². The first kappa shape index (κ1) is 10.9. The van der Waals surface area contributed by atoms with Crippen molar-refractivity contribution in [2.45, 2.75) is 6.92 Å². The lowest BCUT2D eigenvalue weighted by atomic mass is 10.3. The van der Waals surface area contributed by atoms with E-state index in [1.54, 1.807) is 6.92 Å². The van der Waals surface area contributed by atoms with E-state index < -0.39 is 11.8 Å². The summed E-state index contributed by atoms with van der Waals surface area (Å²) in [6.45, 7) is 1.93. The van der Waals surface area contributed by atoms with Crippen molar-refractivity contribution >= 4 is 28.6 Å². The number of rotatable bonds is 2. The molecule has 1 N–H and O–H groups in total. The Morgan fingerprint density at radius 2 is 2.44 bits per heavy atom. The van der Waals surface area contributed by atoms with E-state index in [0.717, 1.165) is 6.20 Å². The van der Waals surface area contributed by atoms with Crippen LogP contribution >= 0.6 is 11.6 Å². The molecule has 0 atom stereocenters. The van der Waals surface area contributed by atoms with Crippen LogP contribution in [0.1, 0.15) is 17.4 Å².